The number of nitrogens with one attached hydrogen (secondary N) is 1. The Kier molecular flexibility index (Phi) is 4.70. The summed E-state index contributed by atoms with van der Waals surface area (Å²) in [5.74, 6) is -1.44. The Balaban J connectivity index is 2.02. The number of pyridine rings is 1. The number of methoxy groups -OCH3 is 1. The molecule has 0 saturated heterocycles. The molecule has 0 aliphatic heterocycles. The molecule has 0 fully saturated rings. The van der Waals surface area contributed by atoms with Gasteiger partial charge in [0.25, 0.3) is 5.91 Å². The predicted molar refractivity (Wildman–Crippen MR) is 94.8 cm³/mol. The van der Waals surface area contributed by atoms with Crippen molar-refractivity contribution in [3.05, 3.63) is 60.3 Å². The molecule has 7 heteroatoms. The molecule has 3 aromatic rings. The summed E-state index contributed by atoms with van der Waals surface area (Å²) in [6.45, 7) is 0. The minimum absolute atomic E-state index is 0.296. The number of nitrogens with zero attached hydrogens (tertiary/aromatic N) is 1. The maximum atomic E-state index is 9.90. The fourth-order valence-electron chi connectivity index (χ4n) is 2.53. The molecular weight excluding hydrogens is 326 g/mol. The number of hydrogen-bond acceptors (Lipinski definition) is 7. The lowest BCUT2D eigenvalue weighted by Gasteiger charge is -2.21. The number of aliphatic hydroxyl groups is 2. The van der Waals surface area contributed by atoms with Crippen molar-refractivity contribution in [2.75, 3.05) is 7.11 Å². The summed E-state index contributed by atoms with van der Waals surface area (Å²) in [6, 6.07) is 14.5. The van der Waals surface area contributed by atoms with Gasteiger partial charge in [-0.15, -0.1) is 0 Å². The van der Waals surface area contributed by atoms with Crippen molar-refractivity contribution >= 4 is 23.0 Å². The predicted octanol–water partition coefficient (Wildman–Crippen LogP) is 2.12. The van der Waals surface area contributed by atoms with Crippen LogP contribution in [0.5, 0.6) is 5.75 Å². The van der Waals surface area contributed by atoms with Gasteiger partial charge in [0, 0.05) is 35.3 Å². The van der Waals surface area contributed by atoms with Gasteiger partial charge in [0.05, 0.1) is 12.6 Å². The van der Waals surface area contributed by atoms with Crippen molar-refractivity contribution < 1.29 is 14.9 Å². The van der Waals surface area contributed by atoms with Gasteiger partial charge in [-0.25, -0.2) is 0 Å². The third kappa shape index (κ3) is 3.21. The summed E-state index contributed by atoms with van der Waals surface area (Å²) in [4.78, 5) is 4.37. The SMILES string of the molecule is COc1ccc2c(-c3ccc(C(O)(O)NSN)cc3)ccnc2c1. The molecule has 24 heavy (non-hydrogen) atoms. The quantitative estimate of drug-likeness (QED) is 0.416. The molecule has 0 aliphatic rings. The van der Waals surface area contributed by atoms with E-state index in [-0.39, 0.29) is 0 Å². The first kappa shape index (κ1) is 16.7. The number of nitrogens with two attached hydrogens (primary N) is 1. The first-order chi connectivity index (χ1) is 11.5. The molecule has 1 aromatic heterocycles. The maximum Gasteiger partial charge on any atom is 0.260 e. The highest BCUT2D eigenvalue weighted by Gasteiger charge is 2.25. The van der Waals surface area contributed by atoms with E-state index in [1.165, 1.54) is 0 Å². The number of fused-ring (bicyclic) bond motifs is 1. The van der Waals surface area contributed by atoms with Crippen LogP contribution in [0.2, 0.25) is 0 Å². The van der Waals surface area contributed by atoms with E-state index in [1.807, 2.05) is 36.4 Å². The second-order valence-electron chi connectivity index (χ2n) is 5.21. The van der Waals surface area contributed by atoms with Crippen molar-refractivity contribution in [1.82, 2.24) is 9.71 Å². The van der Waals surface area contributed by atoms with E-state index < -0.39 is 5.91 Å². The van der Waals surface area contributed by atoms with Crippen LogP contribution in [-0.2, 0) is 5.91 Å². The Morgan fingerprint density at radius 2 is 1.88 bits per heavy atom. The Bertz CT molecular complexity index is 853. The zero-order chi connectivity index (χ0) is 17.2. The Labute approximate surface area is 143 Å². The molecule has 0 saturated carbocycles. The summed E-state index contributed by atoms with van der Waals surface area (Å²) in [5.41, 5.74) is 3.06. The first-order valence-corrected chi connectivity index (χ1v) is 8.04. The third-order valence-electron chi connectivity index (χ3n) is 3.75. The van der Waals surface area contributed by atoms with Gasteiger partial charge in [0.1, 0.15) is 5.75 Å². The molecule has 0 unspecified atom stereocenters. The Hall–Kier alpha value is -2.16. The molecule has 2 aromatic carbocycles. The van der Waals surface area contributed by atoms with Crippen molar-refractivity contribution in [2.24, 2.45) is 5.14 Å². The van der Waals surface area contributed by atoms with Crippen molar-refractivity contribution in [3.63, 3.8) is 0 Å². The van der Waals surface area contributed by atoms with Crippen molar-refractivity contribution in [3.8, 4) is 16.9 Å². The van der Waals surface area contributed by atoms with E-state index in [1.54, 1.807) is 25.4 Å². The van der Waals surface area contributed by atoms with E-state index in [9.17, 15) is 10.2 Å². The molecule has 5 N–H and O–H groups in total. The molecule has 0 amide bonds. The van der Waals surface area contributed by atoms with Crippen molar-refractivity contribution in [2.45, 2.75) is 5.91 Å². The lowest BCUT2D eigenvalue weighted by Crippen LogP contribution is -2.38. The number of hydrogen-bond donors (Lipinski definition) is 4. The summed E-state index contributed by atoms with van der Waals surface area (Å²) < 4.78 is 7.55. The van der Waals surface area contributed by atoms with Crippen LogP contribution in [-0.4, -0.2) is 22.3 Å². The molecule has 6 nitrogen and oxygen atoms in total. The Morgan fingerprint density at radius 3 is 2.54 bits per heavy atom. The smallest absolute Gasteiger partial charge is 0.260 e. The van der Waals surface area contributed by atoms with Gasteiger partial charge in [-0.1, -0.05) is 24.3 Å². The molecule has 0 spiro atoms. The van der Waals surface area contributed by atoms with Crippen LogP contribution in [0.3, 0.4) is 0 Å². The van der Waals surface area contributed by atoms with Crippen LogP contribution < -0.4 is 14.6 Å². The second-order valence-corrected chi connectivity index (χ2v) is 5.65. The number of ether oxygens (including phenoxy) is 1. The van der Waals surface area contributed by atoms with E-state index in [0.717, 1.165) is 27.8 Å². The van der Waals surface area contributed by atoms with Crippen molar-refractivity contribution in [1.29, 1.82) is 0 Å². The van der Waals surface area contributed by atoms with Gasteiger partial charge in [-0.05, 0) is 29.3 Å². The van der Waals surface area contributed by atoms with E-state index in [4.69, 9.17) is 9.88 Å². The topological polar surface area (TPSA) is 101 Å². The van der Waals surface area contributed by atoms with E-state index in [0.29, 0.717) is 17.7 Å². The number of rotatable bonds is 5. The summed E-state index contributed by atoms with van der Waals surface area (Å²) in [5, 5.41) is 26.0. The van der Waals surface area contributed by atoms with Crippen LogP contribution >= 0.6 is 12.1 Å². The zero-order valence-electron chi connectivity index (χ0n) is 12.9. The molecule has 1 heterocycles. The van der Waals surface area contributed by atoms with Gasteiger partial charge in [-0.2, -0.15) is 4.72 Å². The van der Waals surface area contributed by atoms with Gasteiger partial charge in [0.15, 0.2) is 0 Å². The zero-order valence-corrected chi connectivity index (χ0v) is 13.7. The van der Waals surface area contributed by atoms with Gasteiger partial charge < -0.3 is 14.9 Å². The average Bonchev–Trinajstić information content (AvgIpc) is 2.60. The highest BCUT2D eigenvalue weighted by atomic mass is 32.2. The maximum absolute atomic E-state index is 9.90. The van der Waals surface area contributed by atoms with Gasteiger partial charge >= 0.3 is 0 Å². The largest absolute Gasteiger partial charge is 0.497 e. The van der Waals surface area contributed by atoms with Gasteiger partial charge in [-0.3, -0.25) is 10.1 Å². The molecule has 3 rings (SSSR count). The third-order valence-corrected chi connectivity index (χ3v) is 4.15. The molecule has 124 valence electrons. The van der Waals surface area contributed by atoms with Crippen LogP contribution in [0, 0.1) is 0 Å². The number of benzene rings is 2. The minimum atomic E-state index is -2.19. The summed E-state index contributed by atoms with van der Waals surface area (Å²) in [7, 11) is 1.62. The normalized spacial score (nSPS) is 11.7. The van der Waals surface area contributed by atoms with E-state index in [2.05, 4.69) is 9.71 Å². The highest BCUT2D eigenvalue weighted by molar-refractivity contribution is 7.95. The van der Waals surface area contributed by atoms with Gasteiger partial charge in [0.2, 0.25) is 0 Å². The summed E-state index contributed by atoms with van der Waals surface area (Å²) in [6.07, 6.45) is 1.74. The average molecular weight is 343 g/mol. The molecule has 0 bridgehead atoms. The number of aromatic nitrogens is 1. The molecule has 0 radical (unpaired) electrons. The monoisotopic (exact) mass is 343 g/mol. The van der Waals surface area contributed by atoms with Crippen LogP contribution in [0.1, 0.15) is 5.56 Å². The minimum Gasteiger partial charge on any atom is -0.497 e. The fourth-order valence-corrected chi connectivity index (χ4v) is 2.81. The highest BCUT2D eigenvalue weighted by Crippen LogP contribution is 2.30. The molecular formula is C17H17N3O3S. The van der Waals surface area contributed by atoms with E-state index >= 15 is 0 Å². The fraction of sp³-hybridized carbons (Fsp3) is 0.118. The lowest BCUT2D eigenvalue weighted by molar-refractivity contribution is -0.176. The second kappa shape index (κ2) is 6.76. The molecule has 0 atom stereocenters. The standard InChI is InChI=1S/C17H17N3O3S/c1-23-13-6-7-15-14(8-9-19-16(15)10-13)11-2-4-12(5-3-11)17(21,22)20-24-18/h2-10,20-22H,18H2,1H3. The van der Waals surface area contributed by atoms with Crippen LogP contribution in [0.25, 0.3) is 22.0 Å². The first-order valence-electron chi connectivity index (χ1n) is 7.16. The van der Waals surface area contributed by atoms with Crippen LogP contribution in [0.4, 0.5) is 0 Å². The van der Waals surface area contributed by atoms with Crippen LogP contribution in [0.15, 0.2) is 54.7 Å². The Morgan fingerprint density at radius 1 is 1.12 bits per heavy atom. The lowest BCUT2D eigenvalue weighted by atomic mass is 9.99. The summed E-state index contributed by atoms with van der Waals surface area (Å²) >= 11 is 0.639. The molecule has 0 aliphatic carbocycles.